The Kier molecular flexibility index (Phi) is 2.99. The molecule has 3 nitrogen and oxygen atoms in total. The van der Waals surface area contributed by atoms with Gasteiger partial charge in [-0.05, 0) is 6.07 Å². The van der Waals surface area contributed by atoms with Crippen molar-refractivity contribution in [1.82, 2.24) is 5.32 Å². The molecule has 0 fully saturated rings. The molecule has 2 aromatic rings. The maximum Gasteiger partial charge on any atom is 0.252 e. The number of hydrogen-bond acceptors (Lipinski definition) is 3. The van der Waals surface area contributed by atoms with Gasteiger partial charge in [0.2, 0.25) is 0 Å². The van der Waals surface area contributed by atoms with E-state index in [0.717, 1.165) is 15.6 Å². The molecule has 0 saturated carbocycles. The summed E-state index contributed by atoms with van der Waals surface area (Å²) in [7, 11) is 0. The first-order valence-electron chi connectivity index (χ1n) is 4.77. The molecule has 0 unspecified atom stereocenters. The zero-order valence-corrected chi connectivity index (χ0v) is 9.01. The van der Waals surface area contributed by atoms with Crippen molar-refractivity contribution >= 4 is 27.3 Å². The summed E-state index contributed by atoms with van der Waals surface area (Å²) in [6.45, 7) is 0.983. The molecule has 4 heteroatoms. The van der Waals surface area contributed by atoms with E-state index in [2.05, 4.69) is 5.32 Å². The second-order valence-electron chi connectivity index (χ2n) is 3.19. The largest absolute Gasteiger partial charge is 0.351 e. The van der Waals surface area contributed by atoms with Crippen molar-refractivity contribution in [2.45, 2.75) is 0 Å². The second-order valence-corrected chi connectivity index (χ2v) is 4.10. The number of amides is 1. The molecular formula is C11H12N2OS. The smallest absolute Gasteiger partial charge is 0.252 e. The minimum absolute atomic E-state index is 0.0436. The van der Waals surface area contributed by atoms with E-state index in [-0.39, 0.29) is 5.91 Å². The number of thiophene rings is 1. The Morgan fingerprint density at radius 1 is 1.40 bits per heavy atom. The Morgan fingerprint density at radius 3 is 3.00 bits per heavy atom. The number of fused-ring (bicyclic) bond motifs is 1. The summed E-state index contributed by atoms with van der Waals surface area (Å²) in [5, 5.41) is 5.67. The molecule has 1 aromatic heterocycles. The third-order valence-corrected chi connectivity index (χ3v) is 3.12. The number of hydrogen-bond donors (Lipinski definition) is 2. The van der Waals surface area contributed by atoms with Gasteiger partial charge in [0.15, 0.2) is 0 Å². The minimum atomic E-state index is -0.0436. The van der Waals surface area contributed by atoms with Crippen LogP contribution < -0.4 is 11.1 Å². The topological polar surface area (TPSA) is 55.1 Å². The molecule has 1 amide bonds. The van der Waals surface area contributed by atoms with E-state index in [1.165, 1.54) is 0 Å². The van der Waals surface area contributed by atoms with E-state index in [1.54, 1.807) is 11.3 Å². The zero-order valence-electron chi connectivity index (χ0n) is 8.19. The van der Waals surface area contributed by atoms with Crippen molar-refractivity contribution in [2.24, 2.45) is 5.73 Å². The molecule has 0 aliphatic carbocycles. The van der Waals surface area contributed by atoms with Crippen LogP contribution in [-0.4, -0.2) is 19.0 Å². The van der Waals surface area contributed by atoms with E-state index in [1.807, 2.05) is 29.6 Å². The Balaban J connectivity index is 2.31. The number of nitrogens with one attached hydrogen (secondary N) is 1. The SMILES string of the molecule is NCCNC(=O)c1csc2ccccc12. The van der Waals surface area contributed by atoms with Crippen LogP contribution in [0.1, 0.15) is 10.4 Å². The predicted molar refractivity (Wildman–Crippen MR) is 63.2 cm³/mol. The van der Waals surface area contributed by atoms with Crippen molar-refractivity contribution < 1.29 is 4.79 Å². The first-order valence-corrected chi connectivity index (χ1v) is 5.65. The Morgan fingerprint density at radius 2 is 2.20 bits per heavy atom. The number of carbonyl (C=O) groups is 1. The van der Waals surface area contributed by atoms with Crippen LogP contribution in [0.25, 0.3) is 10.1 Å². The van der Waals surface area contributed by atoms with Crippen LogP contribution in [0.4, 0.5) is 0 Å². The highest BCUT2D eigenvalue weighted by Crippen LogP contribution is 2.25. The van der Waals surface area contributed by atoms with Gasteiger partial charge in [0.1, 0.15) is 0 Å². The summed E-state index contributed by atoms with van der Waals surface area (Å²) in [6, 6.07) is 7.89. The normalized spacial score (nSPS) is 10.5. The molecule has 1 aromatic carbocycles. The molecule has 0 radical (unpaired) electrons. The summed E-state index contributed by atoms with van der Waals surface area (Å²) in [5.74, 6) is -0.0436. The van der Waals surface area contributed by atoms with Gasteiger partial charge in [-0.25, -0.2) is 0 Å². The molecular weight excluding hydrogens is 208 g/mol. The van der Waals surface area contributed by atoms with Crippen LogP contribution in [0, 0.1) is 0 Å². The molecule has 0 bridgehead atoms. The van der Waals surface area contributed by atoms with Crippen LogP contribution >= 0.6 is 11.3 Å². The summed E-state index contributed by atoms with van der Waals surface area (Å²) < 4.78 is 1.13. The Labute approximate surface area is 91.9 Å². The van der Waals surface area contributed by atoms with Gasteiger partial charge in [-0.15, -0.1) is 11.3 Å². The van der Waals surface area contributed by atoms with E-state index in [0.29, 0.717) is 13.1 Å². The zero-order chi connectivity index (χ0) is 10.7. The average Bonchev–Trinajstić information content (AvgIpc) is 2.69. The standard InChI is InChI=1S/C11H12N2OS/c12-5-6-13-11(14)9-7-15-10-4-2-1-3-8(9)10/h1-4,7H,5-6,12H2,(H,13,14). The molecule has 0 aliphatic heterocycles. The first kappa shape index (κ1) is 10.1. The van der Waals surface area contributed by atoms with Gasteiger partial charge in [0.25, 0.3) is 5.91 Å². The Bertz CT molecular complexity index is 478. The van der Waals surface area contributed by atoms with Crippen molar-refractivity contribution in [2.75, 3.05) is 13.1 Å². The van der Waals surface area contributed by atoms with Gasteiger partial charge in [-0.2, -0.15) is 0 Å². The predicted octanol–water partition coefficient (Wildman–Crippen LogP) is 1.59. The van der Waals surface area contributed by atoms with Gasteiger partial charge in [-0.1, -0.05) is 18.2 Å². The highest BCUT2D eigenvalue weighted by Gasteiger charge is 2.10. The average molecular weight is 220 g/mol. The molecule has 0 atom stereocenters. The first-order chi connectivity index (χ1) is 7.33. The quantitative estimate of drug-likeness (QED) is 0.825. The van der Waals surface area contributed by atoms with Crippen LogP contribution in [0.5, 0.6) is 0 Å². The summed E-state index contributed by atoms with van der Waals surface area (Å²) >= 11 is 1.58. The van der Waals surface area contributed by atoms with E-state index >= 15 is 0 Å². The maximum absolute atomic E-state index is 11.7. The molecule has 3 N–H and O–H groups in total. The molecule has 78 valence electrons. The van der Waals surface area contributed by atoms with Gasteiger partial charge in [-0.3, -0.25) is 4.79 Å². The van der Waals surface area contributed by atoms with Crippen LogP contribution in [0.2, 0.25) is 0 Å². The minimum Gasteiger partial charge on any atom is -0.351 e. The number of nitrogens with two attached hydrogens (primary N) is 1. The van der Waals surface area contributed by atoms with Crippen molar-refractivity contribution in [3.05, 3.63) is 35.2 Å². The Hall–Kier alpha value is -1.39. The van der Waals surface area contributed by atoms with Gasteiger partial charge in [0.05, 0.1) is 5.56 Å². The van der Waals surface area contributed by atoms with Crippen LogP contribution in [0.15, 0.2) is 29.6 Å². The van der Waals surface area contributed by atoms with E-state index < -0.39 is 0 Å². The maximum atomic E-state index is 11.7. The van der Waals surface area contributed by atoms with E-state index in [9.17, 15) is 4.79 Å². The molecule has 15 heavy (non-hydrogen) atoms. The lowest BCUT2D eigenvalue weighted by Gasteiger charge is -2.01. The summed E-state index contributed by atoms with van der Waals surface area (Å²) in [5.41, 5.74) is 6.07. The third-order valence-electron chi connectivity index (χ3n) is 2.16. The molecule has 0 saturated heterocycles. The van der Waals surface area contributed by atoms with Crippen molar-refractivity contribution in [3.8, 4) is 0 Å². The van der Waals surface area contributed by atoms with Crippen LogP contribution in [-0.2, 0) is 0 Å². The molecule has 1 heterocycles. The number of carbonyl (C=O) groups excluding carboxylic acids is 1. The third kappa shape index (κ3) is 2.00. The van der Waals surface area contributed by atoms with Crippen molar-refractivity contribution in [1.29, 1.82) is 0 Å². The number of rotatable bonds is 3. The monoisotopic (exact) mass is 220 g/mol. The highest BCUT2D eigenvalue weighted by atomic mass is 32.1. The highest BCUT2D eigenvalue weighted by molar-refractivity contribution is 7.17. The lowest BCUT2D eigenvalue weighted by atomic mass is 10.2. The van der Waals surface area contributed by atoms with Gasteiger partial charge < -0.3 is 11.1 Å². The van der Waals surface area contributed by atoms with Gasteiger partial charge in [0, 0.05) is 28.6 Å². The molecule has 2 rings (SSSR count). The van der Waals surface area contributed by atoms with Crippen molar-refractivity contribution in [3.63, 3.8) is 0 Å². The molecule has 0 spiro atoms. The van der Waals surface area contributed by atoms with Gasteiger partial charge >= 0.3 is 0 Å². The summed E-state index contributed by atoms with van der Waals surface area (Å²) in [4.78, 5) is 11.7. The lowest BCUT2D eigenvalue weighted by molar-refractivity contribution is 0.0957. The lowest BCUT2D eigenvalue weighted by Crippen LogP contribution is -2.28. The summed E-state index contributed by atoms with van der Waals surface area (Å²) in [6.07, 6.45) is 0. The fourth-order valence-electron chi connectivity index (χ4n) is 1.43. The van der Waals surface area contributed by atoms with Crippen LogP contribution in [0.3, 0.4) is 0 Å². The fourth-order valence-corrected chi connectivity index (χ4v) is 2.38. The molecule has 0 aliphatic rings. The number of benzene rings is 1. The second kappa shape index (κ2) is 4.42. The fraction of sp³-hybridized carbons (Fsp3) is 0.182. The van der Waals surface area contributed by atoms with E-state index in [4.69, 9.17) is 5.73 Å².